The molecular weight excluding hydrogens is 343 g/mol. The van der Waals surface area contributed by atoms with E-state index < -0.39 is 5.97 Å². The smallest absolute Gasteiger partial charge is 0.356 e. The van der Waals surface area contributed by atoms with Crippen molar-refractivity contribution in [3.05, 3.63) is 44.8 Å². The summed E-state index contributed by atoms with van der Waals surface area (Å²) < 4.78 is 2.93. The summed E-state index contributed by atoms with van der Waals surface area (Å²) in [6.45, 7) is 0. The zero-order chi connectivity index (χ0) is 12.7. The van der Waals surface area contributed by atoms with Crippen LogP contribution in [0.25, 0.3) is 5.69 Å². The van der Waals surface area contributed by atoms with Gasteiger partial charge in [0.15, 0.2) is 5.69 Å². The van der Waals surface area contributed by atoms with Gasteiger partial charge in [-0.15, -0.1) is 0 Å². The van der Waals surface area contributed by atoms with Crippen LogP contribution in [0.3, 0.4) is 0 Å². The topological polar surface area (TPSA) is 55.1 Å². The van der Waals surface area contributed by atoms with Crippen molar-refractivity contribution in [3.63, 3.8) is 0 Å². The number of halogens is 1. The molecule has 0 atom stereocenters. The van der Waals surface area contributed by atoms with E-state index in [9.17, 15) is 9.90 Å². The number of rotatable bonds is 2. The highest BCUT2D eigenvalue weighted by molar-refractivity contribution is 14.1. The number of aromatic nitrogens is 2. The molecule has 92 valence electrons. The minimum Gasteiger partial charge on any atom is -0.476 e. The summed E-state index contributed by atoms with van der Waals surface area (Å²) in [6.07, 6.45) is 2.74. The number of carboxylic acids is 1. The lowest BCUT2D eigenvalue weighted by molar-refractivity contribution is 0.0689. The Morgan fingerprint density at radius 2 is 2.00 bits per heavy atom. The van der Waals surface area contributed by atoms with Crippen molar-refractivity contribution in [2.24, 2.45) is 0 Å². The number of aromatic carboxylic acids is 1. The highest BCUT2D eigenvalue weighted by atomic mass is 127. The molecule has 4 nitrogen and oxygen atoms in total. The normalized spacial score (nSPS) is 13.6. The third-order valence-corrected chi connectivity index (χ3v) is 3.92. The lowest BCUT2D eigenvalue weighted by Crippen LogP contribution is -2.04. The van der Waals surface area contributed by atoms with Gasteiger partial charge >= 0.3 is 5.97 Å². The van der Waals surface area contributed by atoms with Gasteiger partial charge in [-0.05, 0) is 66.1 Å². The molecule has 0 amide bonds. The Morgan fingerprint density at radius 3 is 2.67 bits per heavy atom. The molecule has 0 saturated carbocycles. The average Bonchev–Trinajstić information content (AvgIpc) is 2.91. The minimum atomic E-state index is -0.933. The molecule has 5 heteroatoms. The molecule has 18 heavy (non-hydrogen) atoms. The largest absolute Gasteiger partial charge is 0.476 e. The van der Waals surface area contributed by atoms with Crippen LogP contribution in [-0.2, 0) is 12.8 Å². The number of hydrogen-bond acceptors (Lipinski definition) is 2. The van der Waals surface area contributed by atoms with Crippen molar-refractivity contribution in [2.75, 3.05) is 0 Å². The first-order chi connectivity index (χ1) is 8.66. The van der Waals surface area contributed by atoms with Crippen molar-refractivity contribution in [1.82, 2.24) is 9.78 Å². The van der Waals surface area contributed by atoms with Crippen molar-refractivity contribution in [1.29, 1.82) is 0 Å². The van der Waals surface area contributed by atoms with Crippen LogP contribution < -0.4 is 0 Å². The Morgan fingerprint density at radius 1 is 1.28 bits per heavy atom. The Labute approximate surface area is 118 Å². The highest BCUT2D eigenvalue weighted by Gasteiger charge is 2.26. The summed E-state index contributed by atoms with van der Waals surface area (Å²) >= 11 is 2.24. The third-order valence-electron chi connectivity index (χ3n) is 3.20. The molecule has 1 heterocycles. The minimum absolute atomic E-state index is 0.209. The van der Waals surface area contributed by atoms with Gasteiger partial charge in [0.1, 0.15) is 0 Å². The van der Waals surface area contributed by atoms with Crippen LogP contribution >= 0.6 is 22.6 Å². The maximum Gasteiger partial charge on any atom is 0.356 e. The zero-order valence-electron chi connectivity index (χ0n) is 9.56. The van der Waals surface area contributed by atoms with Gasteiger partial charge in [0.25, 0.3) is 0 Å². The summed E-state index contributed by atoms with van der Waals surface area (Å²) in [7, 11) is 0. The van der Waals surface area contributed by atoms with Crippen molar-refractivity contribution in [3.8, 4) is 5.69 Å². The van der Waals surface area contributed by atoms with Crippen molar-refractivity contribution < 1.29 is 9.90 Å². The molecule has 3 rings (SSSR count). The number of fused-ring (bicyclic) bond motifs is 1. The SMILES string of the molecule is O=C(O)c1nn(-c2ccc(I)cc2)c2c1CCC2. The van der Waals surface area contributed by atoms with E-state index >= 15 is 0 Å². The van der Waals surface area contributed by atoms with E-state index in [0.717, 1.165) is 39.8 Å². The molecule has 1 aliphatic rings. The van der Waals surface area contributed by atoms with Gasteiger partial charge in [-0.25, -0.2) is 9.48 Å². The highest BCUT2D eigenvalue weighted by Crippen LogP contribution is 2.27. The first kappa shape index (κ1) is 11.7. The molecule has 0 aliphatic heterocycles. The fourth-order valence-corrected chi connectivity index (χ4v) is 2.76. The van der Waals surface area contributed by atoms with Gasteiger partial charge in [-0.1, -0.05) is 0 Å². The molecule has 0 bridgehead atoms. The number of nitrogens with zero attached hydrogens (tertiary/aromatic N) is 2. The predicted molar refractivity (Wildman–Crippen MR) is 75.3 cm³/mol. The Kier molecular flexibility index (Phi) is 2.85. The van der Waals surface area contributed by atoms with Crippen molar-refractivity contribution >= 4 is 28.6 Å². The number of carbonyl (C=O) groups is 1. The molecular formula is C13H11IN2O2. The monoisotopic (exact) mass is 354 g/mol. The van der Waals surface area contributed by atoms with Gasteiger partial charge in [-0.3, -0.25) is 0 Å². The standard InChI is InChI=1S/C13H11IN2O2/c14-8-4-6-9(7-5-8)16-11-3-1-2-10(11)12(15-16)13(17)18/h4-7H,1-3H2,(H,17,18). The van der Waals surface area contributed by atoms with Crippen LogP contribution in [0.5, 0.6) is 0 Å². The van der Waals surface area contributed by atoms with Gasteiger partial charge in [0.05, 0.1) is 5.69 Å². The first-order valence-electron chi connectivity index (χ1n) is 5.77. The van der Waals surface area contributed by atoms with E-state index in [1.54, 1.807) is 4.68 Å². The van der Waals surface area contributed by atoms with Gasteiger partial charge in [0, 0.05) is 14.8 Å². The lowest BCUT2D eigenvalue weighted by atomic mass is 10.2. The molecule has 0 saturated heterocycles. The van der Waals surface area contributed by atoms with Gasteiger partial charge < -0.3 is 5.11 Å². The van der Waals surface area contributed by atoms with E-state index in [0.29, 0.717) is 0 Å². The Bertz CT molecular complexity index is 617. The van der Waals surface area contributed by atoms with E-state index in [1.165, 1.54) is 0 Å². The zero-order valence-corrected chi connectivity index (χ0v) is 11.7. The Hall–Kier alpha value is -1.37. The second kappa shape index (κ2) is 4.38. The summed E-state index contributed by atoms with van der Waals surface area (Å²) in [4.78, 5) is 11.2. The molecule has 2 aromatic rings. The van der Waals surface area contributed by atoms with E-state index in [2.05, 4.69) is 27.7 Å². The van der Waals surface area contributed by atoms with Crippen molar-refractivity contribution in [2.45, 2.75) is 19.3 Å². The number of benzene rings is 1. The maximum atomic E-state index is 11.2. The van der Waals surface area contributed by atoms with Gasteiger partial charge in [0.2, 0.25) is 0 Å². The van der Waals surface area contributed by atoms with Crippen LogP contribution in [0.1, 0.15) is 28.2 Å². The van der Waals surface area contributed by atoms with E-state index in [4.69, 9.17) is 0 Å². The average molecular weight is 354 g/mol. The number of carboxylic acid groups (broad SMARTS) is 1. The fourth-order valence-electron chi connectivity index (χ4n) is 2.41. The van der Waals surface area contributed by atoms with Crippen LogP contribution in [0.15, 0.2) is 24.3 Å². The van der Waals surface area contributed by atoms with Crippen LogP contribution in [0.2, 0.25) is 0 Å². The first-order valence-corrected chi connectivity index (χ1v) is 6.84. The van der Waals surface area contributed by atoms with Crippen LogP contribution in [0.4, 0.5) is 0 Å². The quantitative estimate of drug-likeness (QED) is 0.844. The summed E-state index contributed by atoms with van der Waals surface area (Å²) in [5.74, 6) is -0.933. The maximum absolute atomic E-state index is 11.2. The molecule has 1 aromatic heterocycles. The molecule has 1 aliphatic carbocycles. The second-order valence-electron chi connectivity index (χ2n) is 4.32. The van der Waals surface area contributed by atoms with E-state index in [-0.39, 0.29) is 5.69 Å². The molecule has 0 spiro atoms. The third kappa shape index (κ3) is 1.82. The predicted octanol–water partition coefficient (Wildman–Crippen LogP) is 2.66. The molecule has 0 radical (unpaired) electrons. The molecule has 1 N–H and O–H groups in total. The van der Waals surface area contributed by atoms with Crippen LogP contribution in [-0.4, -0.2) is 20.9 Å². The van der Waals surface area contributed by atoms with Crippen LogP contribution in [0, 0.1) is 3.57 Å². The summed E-state index contributed by atoms with van der Waals surface area (Å²) in [5.41, 5.74) is 3.09. The summed E-state index contributed by atoms with van der Waals surface area (Å²) in [6, 6.07) is 7.94. The Balaban J connectivity index is 2.15. The van der Waals surface area contributed by atoms with Gasteiger partial charge in [-0.2, -0.15) is 5.10 Å². The molecule has 0 unspecified atom stereocenters. The second-order valence-corrected chi connectivity index (χ2v) is 5.57. The lowest BCUT2D eigenvalue weighted by Gasteiger charge is -2.05. The fraction of sp³-hybridized carbons (Fsp3) is 0.231. The number of hydrogen-bond donors (Lipinski definition) is 1. The summed E-state index contributed by atoms with van der Waals surface area (Å²) in [5, 5.41) is 13.4. The molecule has 1 aromatic carbocycles. The van der Waals surface area contributed by atoms with E-state index in [1.807, 2.05) is 24.3 Å². The molecule has 0 fully saturated rings.